The molecule has 8 heteroatoms. The van der Waals surface area contributed by atoms with Crippen LogP contribution >= 0.6 is 23.2 Å². The molecule has 0 aliphatic rings. The predicted octanol–water partition coefficient (Wildman–Crippen LogP) is 4.26. The van der Waals surface area contributed by atoms with Crippen molar-refractivity contribution in [2.45, 2.75) is 13.0 Å². The first-order chi connectivity index (χ1) is 12.1. The number of para-hydroxylation sites is 1. The van der Waals surface area contributed by atoms with Crippen molar-refractivity contribution in [3.63, 3.8) is 0 Å². The van der Waals surface area contributed by atoms with Gasteiger partial charge in [0.25, 0.3) is 0 Å². The van der Waals surface area contributed by atoms with Crippen molar-refractivity contribution < 1.29 is 13.2 Å². The summed E-state index contributed by atoms with van der Waals surface area (Å²) < 4.78 is 25.4. The predicted molar refractivity (Wildman–Crippen MR) is 107 cm³/mol. The van der Waals surface area contributed by atoms with E-state index in [4.69, 9.17) is 23.2 Å². The summed E-state index contributed by atoms with van der Waals surface area (Å²) in [6.45, 7) is 1.77. The second-order valence-electron chi connectivity index (χ2n) is 5.73. The van der Waals surface area contributed by atoms with Gasteiger partial charge in [-0.3, -0.25) is 9.52 Å². The van der Waals surface area contributed by atoms with Crippen LogP contribution < -0.4 is 10.0 Å². The average molecular weight is 413 g/mol. The number of nitrogens with one attached hydrogen (secondary N) is 2. The van der Waals surface area contributed by atoms with Crippen molar-refractivity contribution in [2.75, 3.05) is 11.0 Å². The first-order valence-electron chi connectivity index (χ1n) is 7.65. The van der Waals surface area contributed by atoms with Gasteiger partial charge in [0.1, 0.15) is 0 Å². The third-order valence-corrected chi connectivity index (χ3v) is 4.42. The Morgan fingerprint density at radius 2 is 1.73 bits per heavy atom. The highest BCUT2D eigenvalue weighted by Crippen LogP contribution is 2.23. The summed E-state index contributed by atoms with van der Waals surface area (Å²) in [6, 6.07) is 11.5. The molecule has 1 amide bonds. The van der Waals surface area contributed by atoms with Crippen LogP contribution in [0.15, 0.2) is 48.5 Å². The number of hydrogen-bond acceptors (Lipinski definition) is 3. The minimum Gasteiger partial charge on any atom is -0.346 e. The lowest BCUT2D eigenvalue weighted by Crippen LogP contribution is -2.25. The summed E-state index contributed by atoms with van der Waals surface area (Å²) in [7, 11) is -3.42. The first-order valence-corrected chi connectivity index (χ1v) is 10.3. The lowest BCUT2D eigenvalue weighted by atomic mass is 10.1. The van der Waals surface area contributed by atoms with Gasteiger partial charge in [0, 0.05) is 16.1 Å². The fourth-order valence-electron chi connectivity index (χ4n) is 2.35. The smallest absolute Gasteiger partial charge is 0.244 e. The zero-order valence-electron chi connectivity index (χ0n) is 14.2. The van der Waals surface area contributed by atoms with Gasteiger partial charge >= 0.3 is 0 Å². The molecule has 2 aromatic rings. The number of amides is 1. The molecule has 0 aliphatic heterocycles. The van der Waals surface area contributed by atoms with Crippen LogP contribution in [0.2, 0.25) is 10.0 Å². The molecule has 0 saturated heterocycles. The number of benzene rings is 2. The van der Waals surface area contributed by atoms with Crippen LogP contribution in [0.3, 0.4) is 0 Å². The number of anilines is 1. The summed E-state index contributed by atoms with van der Waals surface area (Å²) >= 11 is 11.9. The molecule has 2 rings (SSSR count). The number of rotatable bonds is 6. The molecule has 0 aromatic heterocycles. The Morgan fingerprint density at radius 1 is 1.12 bits per heavy atom. The van der Waals surface area contributed by atoms with Gasteiger partial charge in [0.05, 0.1) is 18.0 Å². The largest absolute Gasteiger partial charge is 0.346 e. The van der Waals surface area contributed by atoms with E-state index in [2.05, 4.69) is 10.0 Å². The van der Waals surface area contributed by atoms with Crippen LogP contribution in [-0.4, -0.2) is 20.6 Å². The number of carbonyl (C=O) groups excluding carboxylic acids is 1. The van der Waals surface area contributed by atoms with Gasteiger partial charge in [0.15, 0.2) is 0 Å². The number of halogens is 2. The quantitative estimate of drug-likeness (QED) is 0.695. The third kappa shape index (κ3) is 6.37. The first kappa shape index (κ1) is 20.3. The maximum atomic E-state index is 12.2. The molecule has 26 heavy (non-hydrogen) atoms. The van der Waals surface area contributed by atoms with Gasteiger partial charge in [-0.25, -0.2) is 8.42 Å². The SMILES string of the molecule is CC(NC(=O)C=Cc1cc(Cl)cc(Cl)c1)c1ccccc1NS(C)(=O)=O. The number of carbonyl (C=O) groups is 1. The standard InChI is InChI=1S/C18H18Cl2N2O3S/c1-12(16-5-3-4-6-17(16)22-26(2,24)25)21-18(23)8-7-13-9-14(19)11-15(20)10-13/h3-12,22H,1-2H3,(H,21,23). The molecule has 5 nitrogen and oxygen atoms in total. The minimum atomic E-state index is -3.42. The van der Waals surface area contributed by atoms with E-state index in [0.29, 0.717) is 26.9 Å². The molecule has 0 fully saturated rings. The molecule has 0 saturated carbocycles. The Hall–Kier alpha value is -2.02. The number of hydrogen-bond donors (Lipinski definition) is 2. The maximum Gasteiger partial charge on any atom is 0.244 e. The van der Waals surface area contributed by atoms with E-state index in [9.17, 15) is 13.2 Å². The molecule has 0 spiro atoms. The lowest BCUT2D eigenvalue weighted by molar-refractivity contribution is -0.117. The van der Waals surface area contributed by atoms with Crippen molar-refractivity contribution in [2.24, 2.45) is 0 Å². The lowest BCUT2D eigenvalue weighted by Gasteiger charge is -2.17. The van der Waals surface area contributed by atoms with Crippen molar-refractivity contribution >= 4 is 50.9 Å². The highest BCUT2D eigenvalue weighted by Gasteiger charge is 2.14. The zero-order valence-corrected chi connectivity index (χ0v) is 16.5. The molecule has 2 N–H and O–H groups in total. The minimum absolute atomic E-state index is 0.331. The Bertz CT molecular complexity index is 923. The van der Waals surface area contributed by atoms with Crippen molar-refractivity contribution in [1.29, 1.82) is 0 Å². The fourth-order valence-corrected chi connectivity index (χ4v) is 3.48. The topological polar surface area (TPSA) is 75.3 Å². The van der Waals surface area contributed by atoms with Crippen LogP contribution in [0.4, 0.5) is 5.69 Å². The van der Waals surface area contributed by atoms with Crippen LogP contribution in [0.1, 0.15) is 24.1 Å². The highest BCUT2D eigenvalue weighted by molar-refractivity contribution is 7.92. The molecule has 2 aromatic carbocycles. The summed E-state index contributed by atoms with van der Waals surface area (Å²) in [5.41, 5.74) is 1.78. The summed E-state index contributed by atoms with van der Waals surface area (Å²) in [5.74, 6) is -0.331. The van der Waals surface area contributed by atoms with Gasteiger partial charge in [-0.2, -0.15) is 0 Å². The van der Waals surface area contributed by atoms with Crippen LogP contribution in [-0.2, 0) is 14.8 Å². The van der Waals surface area contributed by atoms with Crippen molar-refractivity contribution in [3.05, 3.63) is 69.7 Å². The second kappa shape index (κ2) is 8.58. The normalized spacial score (nSPS) is 12.8. The molecule has 0 heterocycles. The van der Waals surface area contributed by atoms with Crippen molar-refractivity contribution in [1.82, 2.24) is 5.32 Å². The van der Waals surface area contributed by atoms with Crippen LogP contribution in [0.25, 0.3) is 6.08 Å². The molecule has 1 atom stereocenters. The van der Waals surface area contributed by atoms with E-state index in [0.717, 1.165) is 6.26 Å². The van der Waals surface area contributed by atoms with E-state index in [1.54, 1.807) is 55.5 Å². The van der Waals surface area contributed by atoms with E-state index in [-0.39, 0.29) is 5.91 Å². The molecule has 0 bridgehead atoms. The zero-order chi connectivity index (χ0) is 19.3. The maximum absolute atomic E-state index is 12.2. The summed E-state index contributed by atoms with van der Waals surface area (Å²) in [5, 5.41) is 3.75. The summed E-state index contributed by atoms with van der Waals surface area (Å²) in [4.78, 5) is 12.2. The average Bonchev–Trinajstić information content (AvgIpc) is 2.51. The second-order valence-corrected chi connectivity index (χ2v) is 8.35. The van der Waals surface area contributed by atoms with Crippen LogP contribution in [0.5, 0.6) is 0 Å². The van der Waals surface area contributed by atoms with Gasteiger partial charge in [-0.05, 0) is 48.4 Å². The molecule has 0 radical (unpaired) electrons. The molecule has 1 unspecified atom stereocenters. The Labute approximate surface area is 163 Å². The molecule has 0 aliphatic carbocycles. The Balaban J connectivity index is 2.11. The molecular formula is C18H18Cl2N2O3S. The van der Waals surface area contributed by atoms with E-state index in [1.165, 1.54) is 6.08 Å². The van der Waals surface area contributed by atoms with Gasteiger partial charge in [-0.1, -0.05) is 41.4 Å². The van der Waals surface area contributed by atoms with Gasteiger partial charge in [0.2, 0.25) is 15.9 Å². The molecule has 138 valence electrons. The van der Waals surface area contributed by atoms with E-state index >= 15 is 0 Å². The highest BCUT2D eigenvalue weighted by atomic mass is 35.5. The fraction of sp³-hybridized carbons (Fsp3) is 0.167. The third-order valence-electron chi connectivity index (χ3n) is 3.39. The van der Waals surface area contributed by atoms with E-state index < -0.39 is 16.1 Å². The molecular weight excluding hydrogens is 395 g/mol. The Kier molecular flexibility index (Phi) is 6.69. The van der Waals surface area contributed by atoms with Gasteiger partial charge in [-0.15, -0.1) is 0 Å². The Morgan fingerprint density at radius 3 is 2.35 bits per heavy atom. The monoisotopic (exact) mass is 412 g/mol. The van der Waals surface area contributed by atoms with Gasteiger partial charge < -0.3 is 5.32 Å². The van der Waals surface area contributed by atoms with E-state index in [1.807, 2.05) is 0 Å². The van der Waals surface area contributed by atoms with Crippen LogP contribution in [0, 0.1) is 0 Å². The summed E-state index contributed by atoms with van der Waals surface area (Å²) in [6.07, 6.45) is 4.04. The number of sulfonamides is 1. The van der Waals surface area contributed by atoms with Crippen molar-refractivity contribution in [3.8, 4) is 0 Å².